The Morgan fingerprint density at radius 1 is 0.688 bits per heavy atom. The quantitative estimate of drug-likeness (QED) is 0.375. The summed E-state index contributed by atoms with van der Waals surface area (Å²) in [6, 6.07) is 15.3. The molecular weight excluding hydrogens is 456 g/mol. The molecular formula is C22H20O8S2. The number of hydrogen-bond donors (Lipinski definition) is 0. The monoisotopic (exact) mass is 476 g/mol. The third kappa shape index (κ3) is 5.27. The Morgan fingerprint density at radius 2 is 1.16 bits per heavy atom. The summed E-state index contributed by atoms with van der Waals surface area (Å²) >= 11 is 0. The summed E-state index contributed by atoms with van der Waals surface area (Å²) in [5.41, 5.74) is 1.41. The van der Waals surface area contributed by atoms with Gasteiger partial charge in [-0.05, 0) is 50.2 Å². The molecule has 0 fully saturated rings. The molecule has 168 valence electrons. The molecule has 0 aliphatic carbocycles. The first kappa shape index (κ1) is 23.3. The molecule has 0 spiro atoms. The zero-order valence-corrected chi connectivity index (χ0v) is 19.1. The second kappa shape index (κ2) is 9.01. The summed E-state index contributed by atoms with van der Waals surface area (Å²) in [7, 11) is -7.35. The lowest BCUT2D eigenvalue weighted by Crippen LogP contribution is -2.14. The van der Waals surface area contributed by atoms with Crippen LogP contribution in [0.25, 0.3) is 0 Å². The molecule has 0 atom stereocenters. The van der Waals surface area contributed by atoms with Gasteiger partial charge in [0.25, 0.3) is 0 Å². The lowest BCUT2D eigenvalue weighted by Gasteiger charge is -2.13. The number of benzene rings is 3. The molecule has 0 aromatic heterocycles. The molecule has 0 unspecified atom stereocenters. The highest BCUT2D eigenvalue weighted by molar-refractivity contribution is 7.87. The van der Waals surface area contributed by atoms with Gasteiger partial charge in [0.2, 0.25) is 0 Å². The second-order valence-electron chi connectivity index (χ2n) is 6.85. The van der Waals surface area contributed by atoms with Gasteiger partial charge in [0.15, 0.2) is 5.75 Å². The van der Waals surface area contributed by atoms with Crippen molar-refractivity contribution in [2.45, 2.75) is 23.6 Å². The van der Waals surface area contributed by atoms with E-state index in [0.717, 1.165) is 30.4 Å². The van der Waals surface area contributed by atoms with Crippen molar-refractivity contribution in [2.24, 2.45) is 0 Å². The minimum absolute atomic E-state index is 0.0787. The van der Waals surface area contributed by atoms with Gasteiger partial charge >= 0.3 is 26.2 Å². The minimum Gasteiger partial charge on any atom is -0.465 e. The molecule has 0 heterocycles. The highest BCUT2D eigenvalue weighted by Gasteiger charge is 2.24. The summed E-state index contributed by atoms with van der Waals surface area (Å²) in [5, 5.41) is 0. The molecule has 32 heavy (non-hydrogen) atoms. The Hall–Kier alpha value is -3.37. The molecule has 0 saturated carbocycles. The Labute approximate surface area is 186 Å². The maximum Gasteiger partial charge on any atom is 0.341 e. The van der Waals surface area contributed by atoms with Gasteiger partial charge in [-0.25, -0.2) is 4.79 Å². The first-order valence-electron chi connectivity index (χ1n) is 9.26. The van der Waals surface area contributed by atoms with E-state index in [-0.39, 0.29) is 26.9 Å². The first-order valence-corrected chi connectivity index (χ1v) is 12.1. The maximum atomic E-state index is 12.6. The van der Waals surface area contributed by atoms with Crippen LogP contribution in [0.2, 0.25) is 0 Å². The lowest BCUT2D eigenvalue weighted by atomic mass is 10.2. The summed E-state index contributed by atoms with van der Waals surface area (Å²) in [5.74, 6) is -1.49. The molecule has 3 aromatic carbocycles. The summed E-state index contributed by atoms with van der Waals surface area (Å²) in [6.45, 7) is 3.61. The number of aryl methyl sites for hydroxylation is 2. The van der Waals surface area contributed by atoms with Gasteiger partial charge in [0, 0.05) is 6.07 Å². The summed E-state index contributed by atoms with van der Waals surface area (Å²) in [6.07, 6.45) is 0. The van der Waals surface area contributed by atoms with E-state index >= 15 is 0 Å². The SMILES string of the molecule is COC(=O)c1cc(OS(=O)(=O)c2ccc(C)cc2)ccc1OS(=O)(=O)c1ccc(C)cc1. The fourth-order valence-electron chi connectivity index (χ4n) is 2.65. The topological polar surface area (TPSA) is 113 Å². The zero-order chi connectivity index (χ0) is 23.5. The predicted octanol–water partition coefficient (Wildman–Crippen LogP) is 3.63. The number of rotatable bonds is 7. The fraction of sp³-hybridized carbons (Fsp3) is 0.136. The number of ether oxygens (including phenoxy) is 1. The number of methoxy groups -OCH3 is 1. The Morgan fingerprint density at radius 3 is 1.62 bits per heavy atom. The Balaban J connectivity index is 1.95. The van der Waals surface area contributed by atoms with E-state index in [4.69, 9.17) is 8.37 Å². The van der Waals surface area contributed by atoms with Crippen molar-refractivity contribution < 1.29 is 34.7 Å². The van der Waals surface area contributed by atoms with E-state index in [1.807, 2.05) is 6.92 Å². The van der Waals surface area contributed by atoms with E-state index in [0.29, 0.717) is 0 Å². The number of carbonyl (C=O) groups is 1. The van der Waals surface area contributed by atoms with Crippen LogP contribution in [-0.2, 0) is 25.0 Å². The lowest BCUT2D eigenvalue weighted by molar-refractivity contribution is 0.0598. The van der Waals surface area contributed by atoms with Crippen molar-refractivity contribution in [3.63, 3.8) is 0 Å². The molecule has 10 heteroatoms. The largest absolute Gasteiger partial charge is 0.465 e. The van der Waals surface area contributed by atoms with Gasteiger partial charge < -0.3 is 13.1 Å². The van der Waals surface area contributed by atoms with Crippen molar-refractivity contribution >= 4 is 26.2 Å². The van der Waals surface area contributed by atoms with Crippen LogP contribution in [0, 0.1) is 13.8 Å². The van der Waals surface area contributed by atoms with Crippen LogP contribution in [0.4, 0.5) is 0 Å². The highest BCUT2D eigenvalue weighted by Crippen LogP contribution is 2.29. The second-order valence-corrected chi connectivity index (χ2v) is 9.94. The molecule has 0 N–H and O–H groups in total. The smallest absolute Gasteiger partial charge is 0.341 e. The van der Waals surface area contributed by atoms with E-state index in [1.54, 1.807) is 31.2 Å². The average molecular weight is 477 g/mol. The third-order valence-electron chi connectivity index (χ3n) is 4.38. The van der Waals surface area contributed by atoms with Gasteiger partial charge in [0.05, 0.1) is 7.11 Å². The van der Waals surface area contributed by atoms with E-state index < -0.39 is 26.2 Å². The van der Waals surface area contributed by atoms with Crippen LogP contribution in [0.5, 0.6) is 11.5 Å². The molecule has 3 rings (SSSR count). The highest BCUT2D eigenvalue weighted by atomic mass is 32.2. The number of esters is 1. The summed E-state index contributed by atoms with van der Waals surface area (Å²) < 4.78 is 65.2. The molecule has 8 nitrogen and oxygen atoms in total. The van der Waals surface area contributed by atoms with E-state index in [9.17, 15) is 21.6 Å². The van der Waals surface area contributed by atoms with Gasteiger partial charge in [-0.15, -0.1) is 0 Å². The first-order chi connectivity index (χ1) is 15.0. The minimum atomic E-state index is -4.26. The Kier molecular flexibility index (Phi) is 6.56. The van der Waals surface area contributed by atoms with Gasteiger partial charge in [-0.2, -0.15) is 16.8 Å². The van der Waals surface area contributed by atoms with Crippen LogP contribution in [0.3, 0.4) is 0 Å². The van der Waals surface area contributed by atoms with Crippen LogP contribution < -0.4 is 8.37 Å². The van der Waals surface area contributed by atoms with Crippen molar-refractivity contribution in [1.29, 1.82) is 0 Å². The third-order valence-corrected chi connectivity index (χ3v) is 6.89. The molecule has 0 amide bonds. The van der Waals surface area contributed by atoms with Crippen LogP contribution in [0.1, 0.15) is 21.5 Å². The van der Waals surface area contributed by atoms with Crippen LogP contribution in [-0.4, -0.2) is 29.9 Å². The van der Waals surface area contributed by atoms with Crippen molar-refractivity contribution in [1.82, 2.24) is 0 Å². The predicted molar refractivity (Wildman–Crippen MR) is 116 cm³/mol. The normalized spacial score (nSPS) is 11.6. The van der Waals surface area contributed by atoms with E-state index in [1.165, 1.54) is 30.3 Å². The van der Waals surface area contributed by atoms with Crippen LogP contribution in [0.15, 0.2) is 76.5 Å². The number of hydrogen-bond acceptors (Lipinski definition) is 8. The standard InChI is InChI=1S/C22H20O8S2/c1-15-4-9-18(10-5-15)31(24,25)29-17-8-13-21(20(14-17)22(23)28-3)30-32(26,27)19-11-6-16(2)7-12-19/h4-14H,1-3H3. The van der Waals surface area contributed by atoms with Gasteiger partial charge in [-0.3, -0.25) is 0 Å². The fourth-order valence-corrected chi connectivity index (χ4v) is 4.52. The van der Waals surface area contributed by atoms with Crippen molar-refractivity contribution in [3.05, 3.63) is 83.4 Å². The molecule has 0 aliphatic rings. The van der Waals surface area contributed by atoms with Crippen LogP contribution >= 0.6 is 0 Å². The van der Waals surface area contributed by atoms with E-state index in [2.05, 4.69) is 4.74 Å². The average Bonchev–Trinajstić information content (AvgIpc) is 2.74. The maximum absolute atomic E-state index is 12.6. The molecule has 0 bridgehead atoms. The molecule has 0 radical (unpaired) electrons. The summed E-state index contributed by atoms with van der Waals surface area (Å²) in [4.78, 5) is 12.0. The molecule has 0 saturated heterocycles. The molecule has 3 aromatic rings. The Bertz CT molecular complexity index is 1340. The zero-order valence-electron chi connectivity index (χ0n) is 17.4. The van der Waals surface area contributed by atoms with Crippen molar-refractivity contribution in [2.75, 3.05) is 7.11 Å². The molecule has 0 aliphatic heterocycles. The number of carbonyl (C=O) groups excluding carboxylic acids is 1. The van der Waals surface area contributed by atoms with Crippen molar-refractivity contribution in [3.8, 4) is 11.5 Å². The van der Waals surface area contributed by atoms with Gasteiger partial charge in [-0.1, -0.05) is 35.4 Å². The van der Waals surface area contributed by atoms with Gasteiger partial charge in [0.1, 0.15) is 21.1 Å².